The number of nitrogens with zero attached hydrogens (tertiary/aromatic N) is 5. The second-order valence-electron chi connectivity index (χ2n) is 5.40. The second kappa shape index (κ2) is 6.95. The molecular formula is C16H20N6S. The molecule has 0 radical (unpaired) electrons. The van der Waals surface area contributed by atoms with E-state index in [1.165, 1.54) is 11.8 Å². The first kappa shape index (κ1) is 15.7. The highest BCUT2D eigenvalue weighted by molar-refractivity contribution is 7.98. The number of fused-ring (bicyclic) bond motifs is 1. The monoisotopic (exact) mass is 328 g/mol. The van der Waals surface area contributed by atoms with E-state index in [2.05, 4.69) is 27.1 Å². The number of thioether (sulfide) groups is 1. The van der Waals surface area contributed by atoms with E-state index >= 15 is 0 Å². The van der Waals surface area contributed by atoms with Gasteiger partial charge in [-0.15, -0.1) is 10.2 Å². The van der Waals surface area contributed by atoms with Gasteiger partial charge < -0.3 is 5.84 Å². The standard InChI is InChI=1S/C16H20N6S/c1-3-4-9-15-20-21-16(22(15)17)23-10-14-18-11(2)12-7-5-6-8-13(12)19-14/h5-8H,3-4,9-10,17H2,1-2H3. The third-order valence-corrected chi connectivity index (χ3v) is 4.60. The van der Waals surface area contributed by atoms with Crippen molar-refractivity contribution in [3.63, 3.8) is 0 Å². The molecule has 3 aromatic rings. The van der Waals surface area contributed by atoms with Crippen LogP contribution in [0.2, 0.25) is 0 Å². The van der Waals surface area contributed by atoms with Crippen molar-refractivity contribution in [1.29, 1.82) is 0 Å². The van der Waals surface area contributed by atoms with Gasteiger partial charge in [-0.25, -0.2) is 14.6 Å². The van der Waals surface area contributed by atoms with Crippen molar-refractivity contribution in [2.45, 2.75) is 44.0 Å². The summed E-state index contributed by atoms with van der Waals surface area (Å²) in [4.78, 5) is 9.18. The van der Waals surface area contributed by atoms with Gasteiger partial charge in [-0.1, -0.05) is 43.3 Å². The zero-order valence-corrected chi connectivity index (χ0v) is 14.2. The minimum Gasteiger partial charge on any atom is -0.336 e. The van der Waals surface area contributed by atoms with Gasteiger partial charge in [-0.05, 0) is 19.4 Å². The SMILES string of the molecule is CCCCc1nnc(SCc2nc(C)c3ccccc3n2)n1N. The normalized spacial score (nSPS) is 11.2. The molecule has 120 valence electrons. The molecule has 0 spiro atoms. The predicted octanol–water partition coefficient (Wildman–Crippen LogP) is 2.88. The Labute approximate surface area is 139 Å². The number of rotatable bonds is 6. The maximum atomic E-state index is 6.06. The van der Waals surface area contributed by atoms with Gasteiger partial charge in [-0.3, -0.25) is 0 Å². The fourth-order valence-electron chi connectivity index (χ4n) is 2.40. The molecule has 0 aliphatic rings. The van der Waals surface area contributed by atoms with Crippen LogP contribution < -0.4 is 5.84 Å². The Hall–Kier alpha value is -2.15. The van der Waals surface area contributed by atoms with E-state index in [1.807, 2.05) is 31.2 Å². The molecule has 2 heterocycles. The van der Waals surface area contributed by atoms with Crippen molar-refractivity contribution in [2.24, 2.45) is 0 Å². The van der Waals surface area contributed by atoms with Gasteiger partial charge in [0.25, 0.3) is 0 Å². The fourth-order valence-corrected chi connectivity index (χ4v) is 3.13. The topological polar surface area (TPSA) is 82.5 Å². The summed E-state index contributed by atoms with van der Waals surface area (Å²) < 4.78 is 1.58. The Morgan fingerprint density at radius 2 is 2.00 bits per heavy atom. The Balaban J connectivity index is 1.75. The maximum absolute atomic E-state index is 6.06. The molecule has 2 N–H and O–H groups in total. The van der Waals surface area contributed by atoms with E-state index < -0.39 is 0 Å². The number of nitrogens with two attached hydrogens (primary N) is 1. The first-order valence-corrected chi connectivity index (χ1v) is 8.72. The Morgan fingerprint density at radius 3 is 2.83 bits per heavy atom. The summed E-state index contributed by atoms with van der Waals surface area (Å²) in [7, 11) is 0. The van der Waals surface area contributed by atoms with Gasteiger partial charge in [0.15, 0.2) is 5.82 Å². The van der Waals surface area contributed by atoms with Gasteiger partial charge in [0, 0.05) is 17.5 Å². The maximum Gasteiger partial charge on any atom is 0.210 e. The molecule has 6 nitrogen and oxygen atoms in total. The van der Waals surface area contributed by atoms with E-state index in [0.717, 1.165) is 47.5 Å². The van der Waals surface area contributed by atoms with Gasteiger partial charge in [0.1, 0.15) is 5.82 Å². The first-order chi connectivity index (χ1) is 11.2. The molecular weight excluding hydrogens is 308 g/mol. The average molecular weight is 328 g/mol. The van der Waals surface area contributed by atoms with Crippen LogP contribution in [-0.2, 0) is 12.2 Å². The third kappa shape index (κ3) is 3.44. The van der Waals surface area contributed by atoms with Crippen LogP contribution in [0.4, 0.5) is 0 Å². The summed E-state index contributed by atoms with van der Waals surface area (Å²) in [5.74, 6) is 8.28. The number of aromatic nitrogens is 5. The lowest BCUT2D eigenvalue weighted by Gasteiger charge is -2.05. The first-order valence-electron chi connectivity index (χ1n) is 7.73. The lowest BCUT2D eigenvalue weighted by atomic mass is 10.2. The molecule has 7 heteroatoms. The van der Waals surface area contributed by atoms with Gasteiger partial charge in [0.2, 0.25) is 5.16 Å². The Bertz CT molecular complexity index is 813. The van der Waals surface area contributed by atoms with Crippen LogP contribution in [-0.4, -0.2) is 24.8 Å². The molecule has 0 fully saturated rings. The summed E-state index contributed by atoms with van der Waals surface area (Å²) in [6.45, 7) is 4.15. The van der Waals surface area contributed by atoms with Crippen LogP contribution in [0.5, 0.6) is 0 Å². The molecule has 0 aliphatic carbocycles. The zero-order chi connectivity index (χ0) is 16.2. The van der Waals surface area contributed by atoms with Crippen molar-refractivity contribution in [3.8, 4) is 0 Å². The number of unbranched alkanes of at least 4 members (excludes halogenated alkanes) is 1. The molecule has 0 unspecified atom stereocenters. The summed E-state index contributed by atoms with van der Waals surface area (Å²) in [5, 5.41) is 10.1. The van der Waals surface area contributed by atoms with E-state index in [-0.39, 0.29) is 0 Å². The number of hydrogen-bond acceptors (Lipinski definition) is 6. The molecule has 0 amide bonds. The van der Waals surface area contributed by atoms with Crippen LogP contribution >= 0.6 is 11.8 Å². The molecule has 23 heavy (non-hydrogen) atoms. The molecule has 0 saturated heterocycles. The number of hydrogen-bond donors (Lipinski definition) is 1. The van der Waals surface area contributed by atoms with Crippen molar-refractivity contribution in [2.75, 3.05) is 5.84 Å². The number of benzene rings is 1. The Morgan fingerprint density at radius 1 is 1.17 bits per heavy atom. The third-order valence-electron chi connectivity index (χ3n) is 3.66. The van der Waals surface area contributed by atoms with Crippen molar-refractivity contribution >= 4 is 22.7 Å². The van der Waals surface area contributed by atoms with Crippen molar-refractivity contribution in [3.05, 3.63) is 41.6 Å². The van der Waals surface area contributed by atoms with Crippen molar-refractivity contribution in [1.82, 2.24) is 24.8 Å². The zero-order valence-electron chi connectivity index (χ0n) is 13.4. The summed E-state index contributed by atoms with van der Waals surface area (Å²) in [5.41, 5.74) is 1.96. The van der Waals surface area contributed by atoms with E-state index in [4.69, 9.17) is 5.84 Å². The van der Waals surface area contributed by atoms with E-state index in [0.29, 0.717) is 10.9 Å². The van der Waals surface area contributed by atoms with Gasteiger partial charge in [0.05, 0.1) is 11.3 Å². The van der Waals surface area contributed by atoms with Crippen molar-refractivity contribution < 1.29 is 0 Å². The molecule has 0 saturated carbocycles. The predicted molar refractivity (Wildman–Crippen MR) is 92.6 cm³/mol. The average Bonchev–Trinajstić information content (AvgIpc) is 2.91. The Kier molecular flexibility index (Phi) is 4.76. The lowest BCUT2D eigenvalue weighted by molar-refractivity contribution is 0.712. The molecule has 0 atom stereocenters. The van der Waals surface area contributed by atoms with E-state index in [1.54, 1.807) is 4.68 Å². The number of para-hydroxylation sites is 1. The molecule has 0 bridgehead atoms. The smallest absolute Gasteiger partial charge is 0.210 e. The molecule has 2 aromatic heterocycles. The molecule has 1 aromatic carbocycles. The highest BCUT2D eigenvalue weighted by atomic mass is 32.2. The van der Waals surface area contributed by atoms with Gasteiger partial charge in [-0.2, -0.15) is 0 Å². The molecule has 0 aliphatic heterocycles. The summed E-state index contributed by atoms with van der Waals surface area (Å²) in [6.07, 6.45) is 3.03. The quantitative estimate of drug-likeness (QED) is 0.553. The van der Waals surface area contributed by atoms with Crippen LogP contribution in [0.3, 0.4) is 0 Å². The fraction of sp³-hybridized carbons (Fsp3) is 0.375. The van der Waals surface area contributed by atoms with Crippen LogP contribution in [0.15, 0.2) is 29.4 Å². The number of aryl methyl sites for hydroxylation is 2. The van der Waals surface area contributed by atoms with Crippen LogP contribution in [0, 0.1) is 6.92 Å². The lowest BCUT2D eigenvalue weighted by Crippen LogP contribution is -2.14. The number of nitrogen functional groups attached to an aromatic ring is 1. The largest absolute Gasteiger partial charge is 0.336 e. The van der Waals surface area contributed by atoms with E-state index in [9.17, 15) is 0 Å². The minimum atomic E-state index is 0.620. The highest BCUT2D eigenvalue weighted by Gasteiger charge is 2.11. The minimum absolute atomic E-state index is 0.620. The molecule has 3 rings (SSSR count). The van der Waals surface area contributed by atoms with Crippen LogP contribution in [0.25, 0.3) is 10.9 Å². The second-order valence-corrected chi connectivity index (χ2v) is 6.35. The highest BCUT2D eigenvalue weighted by Crippen LogP contribution is 2.21. The van der Waals surface area contributed by atoms with Crippen LogP contribution in [0.1, 0.15) is 37.1 Å². The van der Waals surface area contributed by atoms with Gasteiger partial charge >= 0.3 is 0 Å². The summed E-state index contributed by atoms with van der Waals surface area (Å²) >= 11 is 1.51. The summed E-state index contributed by atoms with van der Waals surface area (Å²) in [6, 6.07) is 8.04.